The molecule has 0 aromatic carbocycles. The van der Waals surface area contributed by atoms with E-state index in [2.05, 4.69) is 26.6 Å². The van der Waals surface area contributed by atoms with Gasteiger partial charge < -0.3 is 8.91 Å². The van der Waals surface area contributed by atoms with Gasteiger partial charge in [-0.05, 0) is 45.3 Å². The van der Waals surface area contributed by atoms with Gasteiger partial charge in [0.15, 0.2) is 14.4 Å². The van der Waals surface area contributed by atoms with Crippen LogP contribution in [0.2, 0.25) is 19.6 Å². The number of nitrogens with zero attached hydrogens (tertiary/aromatic N) is 1. The van der Waals surface area contributed by atoms with Gasteiger partial charge in [-0.1, -0.05) is 13.3 Å². The first-order valence-electron chi connectivity index (χ1n) is 7.50. The quantitative estimate of drug-likeness (QED) is 0.416. The van der Waals surface area contributed by atoms with Crippen LogP contribution in [0.1, 0.15) is 39.0 Å². The van der Waals surface area contributed by atoms with E-state index in [9.17, 15) is 0 Å². The Morgan fingerprint density at radius 2 is 1.82 bits per heavy atom. The molecule has 2 heterocycles. The zero-order valence-corrected chi connectivity index (χ0v) is 13.2. The molecule has 0 N–H and O–H groups in total. The summed E-state index contributed by atoms with van der Waals surface area (Å²) in [7, 11) is -1.37. The second-order valence-corrected chi connectivity index (χ2v) is 11.5. The first-order valence-corrected chi connectivity index (χ1v) is 10.9. The average molecular weight is 256 g/mol. The Morgan fingerprint density at radius 1 is 1.18 bits per heavy atom. The number of hydrogen-bond donors (Lipinski definition) is 0. The summed E-state index contributed by atoms with van der Waals surface area (Å²) in [5, 5.41) is 0. The summed E-state index contributed by atoms with van der Waals surface area (Å²) in [6.07, 6.45) is 7.45. The number of quaternary nitrogens is 1. The highest BCUT2D eigenvalue weighted by atomic mass is 28.4. The highest BCUT2D eigenvalue weighted by molar-refractivity contribution is 6.69. The predicted octanol–water partition coefficient (Wildman–Crippen LogP) is 3.39. The maximum atomic E-state index is 6.45. The van der Waals surface area contributed by atoms with Gasteiger partial charge in [-0.25, -0.2) is 0 Å². The molecule has 2 aliphatic rings. The fourth-order valence-electron chi connectivity index (χ4n) is 3.52. The molecule has 2 atom stereocenters. The van der Waals surface area contributed by atoms with Gasteiger partial charge in [-0.3, -0.25) is 0 Å². The van der Waals surface area contributed by atoms with E-state index >= 15 is 0 Å². The fourth-order valence-corrected chi connectivity index (χ4v) is 4.70. The lowest BCUT2D eigenvalue weighted by Gasteiger charge is -2.30. The summed E-state index contributed by atoms with van der Waals surface area (Å²) in [6, 6.07) is 0.849. The zero-order valence-electron chi connectivity index (χ0n) is 12.2. The van der Waals surface area contributed by atoms with E-state index in [-0.39, 0.29) is 0 Å². The van der Waals surface area contributed by atoms with Crippen LogP contribution in [-0.4, -0.2) is 44.6 Å². The van der Waals surface area contributed by atoms with Crippen LogP contribution in [0.15, 0.2) is 0 Å². The Hall–Kier alpha value is 0.137. The normalized spacial score (nSPS) is 29.3. The lowest BCUT2D eigenvalue weighted by atomic mass is 10.1. The Bertz CT molecular complexity index is 255. The molecule has 2 fully saturated rings. The van der Waals surface area contributed by atoms with Crippen molar-refractivity contribution in [2.24, 2.45) is 0 Å². The van der Waals surface area contributed by atoms with Crippen LogP contribution < -0.4 is 0 Å². The monoisotopic (exact) mass is 256 g/mol. The Morgan fingerprint density at radius 3 is 2.35 bits per heavy atom. The summed E-state index contributed by atoms with van der Waals surface area (Å²) < 4.78 is 7.86. The second kappa shape index (κ2) is 5.02. The van der Waals surface area contributed by atoms with Crippen LogP contribution in [-0.2, 0) is 4.43 Å². The molecule has 2 rings (SSSR count). The van der Waals surface area contributed by atoms with Gasteiger partial charge in [-0.2, -0.15) is 0 Å². The third-order valence-electron chi connectivity index (χ3n) is 4.33. The molecule has 0 aromatic rings. The van der Waals surface area contributed by atoms with Crippen molar-refractivity contribution in [1.82, 2.24) is 0 Å². The first kappa shape index (κ1) is 13.6. The fraction of sp³-hybridized carbons (Fsp3) is 1.00. The number of hydrogen-bond acceptors (Lipinski definition) is 1. The standard InChI is InChI=1S/C14H30NOSi/c1-5-9-14(16-17(2,3)4)13-12-15(13)10-7-6-8-11-15/h13-14H,5-12H2,1-4H3/q+1/t13-,14+/m1/s1. The van der Waals surface area contributed by atoms with Crippen molar-refractivity contribution in [3.63, 3.8) is 0 Å². The molecule has 2 saturated heterocycles. The molecule has 0 aromatic heterocycles. The molecule has 0 bridgehead atoms. The Balaban J connectivity index is 1.94. The van der Waals surface area contributed by atoms with Crippen molar-refractivity contribution in [1.29, 1.82) is 0 Å². The third kappa shape index (κ3) is 3.33. The molecule has 3 heteroatoms. The smallest absolute Gasteiger partial charge is 0.184 e. The second-order valence-electron chi connectivity index (χ2n) is 7.03. The van der Waals surface area contributed by atoms with Crippen molar-refractivity contribution in [2.45, 2.75) is 70.8 Å². The molecule has 0 unspecified atom stereocenters. The van der Waals surface area contributed by atoms with E-state index in [1.807, 2.05) is 0 Å². The Kier molecular flexibility index (Phi) is 4.01. The topological polar surface area (TPSA) is 9.23 Å². The first-order chi connectivity index (χ1) is 7.97. The van der Waals surface area contributed by atoms with Crippen molar-refractivity contribution >= 4 is 8.32 Å². The highest BCUT2D eigenvalue weighted by Crippen LogP contribution is 2.40. The minimum absolute atomic E-state index is 0.560. The van der Waals surface area contributed by atoms with Gasteiger partial charge in [0.2, 0.25) is 0 Å². The maximum Gasteiger partial charge on any atom is 0.184 e. The van der Waals surface area contributed by atoms with Crippen molar-refractivity contribution in [3.8, 4) is 0 Å². The molecule has 0 aliphatic carbocycles. The minimum Gasteiger partial charge on any atom is -0.408 e. The average Bonchev–Trinajstić information content (AvgIpc) is 2.91. The highest BCUT2D eigenvalue weighted by Gasteiger charge is 2.59. The van der Waals surface area contributed by atoms with Crippen molar-refractivity contribution in [2.75, 3.05) is 19.6 Å². The van der Waals surface area contributed by atoms with Crippen LogP contribution in [0.5, 0.6) is 0 Å². The van der Waals surface area contributed by atoms with Crippen LogP contribution >= 0.6 is 0 Å². The molecular formula is C14H30NOSi+. The number of rotatable bonds is 5. The van der Waals surface area contributed by atoms with Crippen molar-refractivity contribution < 1.29 is 8.91 Å². The Labute approximate surface area is 108 Å². The van der Waals surface area contributed by atoms with E-state index in [0.717, 1.165) is 6.04 Å². The third-order valence-corrected chi connectivity index (χ3v) is 5.34. The summed E-state index contributed by atoms with van der Waals surface area (Å²) in [5.41, 5.74) is 0. The van der Waals surface area contributed by atoms with Gasteiger partial charge in [-0.15, -0.1) is 0 Å². The summed E-state index contributed by atoms with van der Waals surface area (Å²) in [6.45, 7) is 13.6. The largest absolute Gasteiger partial charge is 0.408 e. The SMILES string of the molecule is CCC[C@H](O[Si](C)(C)C)[C@H]1C[N+]12CCCCC2. The molecule has 0 radical (unpaired) electrons. The van der Waals surface area contributed by atoms with Crippen LogP contribution in [0.3, 0.4) is 0 Å². The minimum atomic E-state index is -1.37. The van der Waals surface area contributed by atoms with E-state index in [1.165, 1.54) is 56.2 Å². The maximum absolute atomic E-state index is 6.45. The van der Waals surface area contributed by atoms with Crippen LogP contribution in [0.4, 0.5) is 0 Å². The van der Waals surface area contributed by atoms with Crippen LogP contribution in [0, 0.1) is 0 Å². The zero-order chi connectivity index (χ0) is 12.5. The van der Waals surface area contributed by atoms with Gasteiger partial charge in [0, 0.05) is 0 Å². The van der Waals surface area contributed by atoms with Gasteiger partial charge in [0.05, 0.1) is 13.1 Å². The lowest BCUT2D eigenvalue weighted by molar-refractivity contribution is -0.821. The summed E-state index contributed by atoms with van der Waals surface area (Å²) in [5.74, 6) is 0. The van der Waals surface area contributed by atoms with Gasteiger partial charge >= 0.3 is 0 Å². The van der Waals surface area contributed by atoms with Crippen molar-refractivity contribution in [3.05, 3.63) is 0 Å². The summed E-state index contributed by atoms with van der Waals surface area (Å²) >= 11 is 0. The van der Waals surface area contributed by atoms with Crippen LogP contribution in [0.25, 0.3) is 0 Å². The van der Waals surface area contributed by atoms with E-state index < -0.39 is 8.32 Å². The molecular weight excluding hydrogens is 226 g/mol. The van der Waals surface area contributed by atoms with E-state index in [4.69, 9.17) is 4.43 Å². The molecule has 17 heavy (non-hydrogen) atoms. The van der Waals surface area contributed by atoms with Gasteiger partial charge in [0.25, 0.3) is 0 Å². The van der Waals surface area contributed by atoms with Gasteiger partial charge in [0.1, 0.15) is 12.6 Å². The van der Waals surface area contributed by atoms with E-state index in [1.54, 1.807) is 0 Å². The lowest BCUT2D eigenvalue weighted by Crippen LogP contribution is -2.42. The molecule has 1 spiro atoms. The molecule has 100 valence electrons. The molecule has 0 amide bonds. The molecule has 0 saturated carbocycles. The number of piperidine rings is 1. The van der Waals surface area contributed by atoms with E-state index in [0.29, 0.717) is 6.10 Å². The summed E-state index contributed by atoms with van der Waals surface area (Å²) in [4.78, 5) is 0. The predicted molar refractivity (Wildman–Crippen MR) is 75.6 cm³/mol. The molecule has 2 nitrogen and oxygen atoms in total. The molecule has 2 aliphatic heterocycles.